The fraction of sp³-hybridized carbons (Fsp3) is 0.889. The Kier molecular flexibility index (Phi) is 3.09. The van der Waals surface area contributed by atoms with Gasteiger partial charge < -0.3 is 10.5 Å². The predicted molar refractivity (Wildman–Crippen MR) is 45.3 cm³/mol. The van der Waals surface area contributed by atoms with Gasteiger partial charge in [-0.2, -0.15) is 0 Å². The van der Waals surface area contributed by atoms with E-state index in [4.69, 9.17) is 4.74 Å². The molecular formula is C9H18NO2+. The van der Waals surface area contributed by atoms with Crippen LogP contribution < -0.4 is 5.73 Å². The van der Waals surface area contributed by atoms with Crippen LogP contribution in [0.4, 0.5) is 0 Å². The quantitative estimate of drug-likeness (QED) is 0.616. The highest BCUT2D eigenvalue weighted by Gasteiger charge is 2.40. The molecule has 0 unspecified atom stereocenters. The Balaban J connectivity index is 2.50. The van der Waals surface area contributed by atoms with Gasteiger partial charge in [0.2, 0.25) is 0 Å². The van der Waals surface area contributed by atoms with Gasteiger partial charge in [0.15, 0.2) is 5.54 Å². The van der Waals surface area contributed by atoms with Gasteiger partial charge in [-0.25, -0.2) is 4.79 Å². The molecule has 0 bridgehead atoms. The molecule has 0 atom stereocenters. The Hall–Kier alpha value is -0.570. The van der Waals surface area contributed by atoms with Gasteiger partial charge >= 0.3 is 5.97 Å². The molecule has 0 aromatic rings. The van der Waals surface area contributed by atoms with Crippen molar-refractivity contribution in [3.8, 4) is 0 Å². The van der Waals surface area contributed by atoms with E-state index in [0.29, 0.717) is 6.61 Å². The van der Waals surface area contributed by atoms with Crippen molar-refractivity contribution in [3.63, 3.8) is 0 Å². The molecule has 1 fully saturated rings. The maximum absolute atomic E-state index is 11.4. The molecule has 1 rings (SSSR count). The summed E-state index contributed by atoms with van der Waals surface area (Å²) in [7, 11) is 0. The van der Waals surface area contributed by atoms with E-state index in [1.54, 1.807) is 0 Å². The molecule has 0 radical (unpaired) electrons. The Bertz CT molecular complexity index is 162. The molecule has 1 aliphatic rings. The molecule has 0 saturated heterocycles. The average molecular weight is 172 g/mol. The second kappa shape index (κ2) is 3.90. The SMILES string of the molecule is CCOC(=O)C1([NH3+])CCCCC1. The monoisotopic (exact) mass is 172 g/mol. The summed E-state index contributed by atoms with van der Waals surface area (Å²) in [4.78, 5) is 11.4. The summed E-state index contributed by atoms with van der Waals surface area (Å²) in [5.41, 5.74) is 3.55. The minimum absolute atomic E-state index is 0.107. The lowest BCUT2D eigenvalue weighted by molar-refractivity contribution is -0.469. The van der Waals surface area contributed by atoms with Crippen LogP contribution in [0.3, 0.4) is 0 Å². The van der Waals surface area contributed by atoms with E-state index in [9.17, 15) is 4.79 Å². The second-order valence-electron chi connectivity index (χ2n) is 3.56. The Morgan fingerprint density at radius 1 is 1.42 bits per heavy atom. The third-order valence-electron chi connectivity index (χ3n) is 2.52. The van der Waals surface area contributed by atoms with Crippen LogP contribution in [0, 0.1) is 0 Å². The average Bonchev–Trinajstić information content (AvgIpc) is 2.06. The molecule has 3 nitrogen and oxygen atoms in total. The number of esters is 1. The zero-order valence-corrected chi connectivity index (χ0v) is 7.77. The third kappa shape index (κ3) is 1.97. The van der Waals surface area contributed by atoms with Gasteiger partial charge in [-0.3, -0.25) is 0 Å². The van der Waals surface area contributed by atoms with E-state index in [1.165, 1.54) is 6.42 Å². The summed E-state index contributed by atoms with van der Waals surface area (Å²) < 4.78 is 4.98. The molecular weight excluding hydrogens is 154 g/mol. The zero-order valence-electron chi connectivity index (χ0n) is 7.77. The lowest BCUT2D eigenvalue weighted by Crippen LogP contribution is -2.77. The van der Waals surface area contributed by atoms with Crippen LogP contribution in [0.1, 0.15) is 39.0 Å². The first-order valence-corrected chi connectivity index (χ1v) is 4.71. The summed E-state index contributed by atoms with van der Waals surface area (Å²) in [5, 5.41) is 0. The second-order valence-corrected chi connectivity index (χ2v) is 3.56. The van der Waals surface area contributed by atoms with Gasteiger partial charge in [-0.1, -0.05) is 6.42 Å². The smallest absolute Gasteiger partial charge is 0.367 e. The molecule has 0 amide bonds. The number of ether oxygens (including phenoxy) is 1. The summed E-state index contributed by atoms with van der Waals surface area (Å²) in [5.74, 6) is -0.107. The van der Waals surface area contributed by atoms with Gasteiger partial charge in [0, 0.05) is 12.8 Å². The number of hydrogen-bond donors (Lipinski definition) is 1. The van der Waals surface area contributed by atoms with Crippen molar-refractivity contribution in [2.24, 2.45) is 0 Å². The van der Waals surface area contributed by atoms with Gasteiger partial charge in [0.05, 0.1) is 6.61 Å². The number of hydrogen-bond acceptors (Lipinski definition) is 2. The predicted octanol–water partition coefficient (Wildman–Crippen LogP) is 0.494. The van der Waals surface area contributed by atoms with Crippen molar-refractivity contribution in [2.45, 2.75) is 44.6 Å². The number of quaternary nitrogens is 1. The molecule has 12 heavy (non-hydrogen) atoms. The van der Waals surface area contributed by atoms with Crippen LogP contribution >= 0.6 is 0 Å². The van der Waals surface area contributed by atoms with E-state index < -0.39 is 5.54 Å². The number of carbonyl (C=O) groups excluding carboxylic acids is 1. The van der Waals surface area contributed by atoms with Crippen LogP contribution in [0.2, 0.25) is 0 Å². The molecule has 3 heteroatoms. The fourth-order valence-corrected chi connectivity index (χ4v) is 1.72. The van der Waals surface area contributed by atoms with Gasteiger partial charge in [-0.15, -0.1) is 0 Å². The van der Waals surface area contributed by atoms with Gasteiger partial charge in [0.1, 0.15) is 0 Å². The highest BCUT2D eigenvalue weighted by atomic mass is 16.5. The van der Waals surface area contributed by atoms with Crippen molar-refractivity contribution in [2.75, 3.05) is 6.61 Å². The summed E-state index contributed by atoms with van der Waals surface area (Å²) >= 11 is 0. The topological polar surface area (TPSA) is 53.9 Å². The highest BCUT2D eigenvalue weighted by molar-refractivity contribution is 5.78. The van der Waals surface area contributed by atoms with Crippen LogP contribution in [0.25, 0.3) is 0 Å². The van der Waals surface area contributed by atoms with E-state index in [0.717, 1.165) is 25.7 Å². The number of carbonyl (C=O) groups is 1. The van der Waals surface area contributed by atoms with E-state index in [2.05, 4.69) is 5.73 Å². The molecule has 0 spiro atoms. The van der Waals surface area contributed by atoms with Gasteiger partial charge in [0.25, 0.3) is 0 Å². The molecule has 1 aliphatic carbocycles. The minimum Gasteiger partial charge on any atom is -0.461 e. The Labute approximate surface area is 73.3 Å². The molecule has 0 aromatic carbocycles. The first-order valence-electron chi connectivity index (χ1n) is 4.71. The number of rotatable bonds is 2. The minimum atomic E-state index is -0.422. The van der Waals surface area contributed by atoms with Crippen LogP contribution in [0.15, 0.2) is 0 Å². The van der Waals surface area contributed by atoms with E-state index in [1.807, 2.05) is 6.92 Å². The van der Waals surface area contributed by atoms with Crippen molar-refractivity contribution in [3.05, 3.63) is 0 Å². The fourth-order valence-electron chi connectivity index (χ4n) is 1.72. The van der Waals surface area contributed by atoms with Crippen LogP contribution in [-0.2, 0) is 9.53 Å². The largest absolute Gasteiger partial charge is 0.461 e. The highest BCUT2D eigenvalue weighted by Crippen LogP contribution is 2.25. The first-order chi connectivity index (χ1) is 5.69. The molecule has 1 saturated carbocycles. The molecule has 3 N–H and O–H groups in total. The molecule has 0 aliphatic heterocycles. The molecule has 0 heterocycles. The first kappa shape index (κ1) is 9.52. The maximum Gasteiger partial charge on any atom is 0.367 e. The normalized spacial score (nSPS) is 21.8. The Morgan fingerprint density at radius 2 is 2.00 bits per heavy atom. The maximum atomic E-state index is 11.4. The van der Waals surface area contributed by atoms with Crippen LogP contribution in [0.5, 0.6) is 0 Å². The molecule has 0 aromatic heterocycles. The van der Waals surface area contributed by atoms with E-state index in [-0.39, 0.29) is 5.97 Å². The van der Waals surface area contributed by atoms with Crippen molar-refractivity contribution < 1.29 is 15.3 Å². The third-order valence-corrected chi connectivity index (χ3v) is 2.52. The summed E-state index contributed by atoms with van der Waals surface area (Å²) in [6, 6.07) is 0. The van der Waals surface area contributed by atoms with Crippen molar-refractivity contribution in [1.82, 2.24) is 0 Å². The summed E-state index contributed by atoms with van der Waals surface area (Å²) in [6.45, 7) is 2.31. The lowest BCUT2D eigenvalue weighted by atomic mass is 9.83. The molecule has 70 valence electrons. The van der Waals surface area contributed by atoms with Crippen molar-refractivity contribution in [1.29, 1.82) is 0 Å². The standard InChI is InChI=1S/C9H17NO2/c1-2-12-8(11)9(10)6-4-3-5-7-9/h2-7,10H2,1H3/p+1. The van der Waals surface area contributed by atoms with Gasteiger partial charge in [-0.05, 0) is 19.8 Å². The van der Waals surface area contributed by atoms with Crippen LogP contribution in [-0.4, -0.2) is 18.1 Å². The Morgan fingerprint density at radius 3 is 2.50 bits per heavy atom. The van der Waals surface area contributed by atoms with Crippen molar-refractivity contribution >= 4 is 5.97 Å². The zero-order chi connectivity index (χ0) is 9.03. The lowest BCUT2D eigenvalue weighted by Gasteiger charge is -2.27. The summed E-state index contributed by atoms with van der Waals surface area (Å²) in [6.07, 6.45) is 5.25. The van der Waals surface area contributed by atoms with E-state index >= 15 is 0 Å².